The van der Waals surface area contributed by atoms with Crippen molar-refractivity contribution in [3.8, 4) is 0 Å². The van der Waals surface area contributed by atoms with Crippen LogP contribution in [0.5, 0.6) is 0 Å². The third kappa shape index (κ3) is 27.7. The van der Waals surface area contributed by atoms with Crippen LogP contribution in [0.1, 0.15) is 195 Å². The van der Waals surface area contributed by atoms with Gasteiger partial charge in [-0.2, -0.15) is 0 Å². The Kier molecular flexibility index (Phi) is 37.8. The molecule has 2 heterocycles. The SMILES string of the molecule is CC=C1NC(=O)[C@H](Cc2ccccc2)NC(=O)C(C(C)C)NC(=O)[C@@H](C(C)CC)NC(=O)C(NC(=O)[C@H](NC(=O)[C@H](CCCN)NC(=O)[C@@H]2CCCN2C(=O)C(NC(=O)C(NC(=O)C(NC(=O)C(NC(=O)CCCC(C)C)C(C)C)C(C)O)C(C)C)C(C)C)C(C)CC)C(C)OC(=O)C(C(C)C)NC1=O. The summed E-state index contributed by atoms with van der Waals surface area (Å²) in [5.74, 6) is -15.1. The highest BCUT2D eigenvalue weighted by molar-refractivity contribution is 6.03. The number of nitrogens with two attached hydrogens (primary N) is 1. The van der Waals surface area contributed by atoms with E-state index in [1.807, 2.05) is 13.8 Å². The van der Waals surface area contributed by atoms with E-state index < -0.39 is 203 Å². The van der Waals surface area contributed by atoms with Crippen LogP contribution < -0.4 is 69.5 Å². The number of aliphatic hydroxyl groups is 1. The van der Waals surface area contributed by atoms with Gasteiger partial charge in [-0.05, 0) is 112 Å². The molecule has 2 saturated heterocycles. The van der Waals surface area contributed by atoms with Gasteiger partial charge in [0.25, 0.3) is 5.91 Å². The van der Waals surface area contributed by atoms with Gasteiger partial charge in [-0.15, -0.1) is 0 Å². The molecule has 30 heteroatoms. The van der Waals surface area contributed by atoms with Crippen molar-refractivity contribution in [1.82, 2.24) is 68.7 Å². The molecule has 0 saturated carbocycles. The van der Waals surface area contributed by atoms with Crippen LogP contribution in [0, 0.1) is 47.3 Å². The van der Waals surface area contributed by atoms with Crippen molar-refractivity contribution in [1.29, 1.82) is 0 Å². The van der Waals surface area contributed by atoms with Gasteiger partial charge in [0.05, 0.1) is 6.10 Å². The molecule has 105 heavy (non-hydrogen) atoms. The van der Waals surface area contributed by atoms with E-state index in [1.165, 1.54) is 31.7 Å². The first-order chi connectivity index (χ1) is 49.2. The average molecular weight is 1480 g/mol. The molecule has 30 nitrogen and oxygen atoms in total. The van der Waals surface area contributed by atoms with Gasteiger partial charge in [-0.1, -0.05) is 166 Å². The van der Waals surface area contributed by atoms with Gasteiger partial charge < -0.3 is 84.3 Å². The lowest BCUT2D eigenvalue weighted by molar-refractivity contribution is -0.157. The summed E-state index contributed by atoms with van der Waals surface area (Å²) in [5, 5.41) is 43.2. The fourth-order valence-corrected chi connectivity index (χ4v) is 12.1. The van der Waals surface area contributed by atoms with E-state index >= 15 is 9.59 Å². The summed E-state index contributed by atoms with van der Waals surface area (Å²) in [4.78, 5) is 202. The molecule has 2 aliphatic rings. The van der Waals surface area contributed by atoms with Crippen LogP contribution in [0.4, 0.5) is 0 Å². The lowest BCUT2D eigenvalue weighted by Crippen LogP contribution is -2.64. The second kappa shape index (κ2) is 43.8. The number of hydrogen-bond acceptors (Lipinski definition) is 17. The lowest BCUT2D eigenvalue weighted by Gasteiger charge is -2.33. The number of rotatable bonds is 33. The average Bonchev–Trinajstić information content (AvgIpc) is 1.79. The molecule has 11 unspecified atom stereocenters. The minimum Gasteiger partial charge on any atom is -0.458 e. The summed E-state index contributed by atoms with van der Waals surface area (Å²) in [6.07, 6.45) is 1.02. The highest BCUT2D eigenvalue weighted by Crippen LogP contribution is 2.23. The first-order valence-electron chi connectivity index (χ1n) is 37.5. The van der Waals surface area contributed by atoms with Gasteiger partial charge in [0.2, 0.25) is 70.9 Å². The highest BCUT2D eigenvalue weighted by atomic mass is 16.5. The maximum absolute atomic E-state index is 15.0. The quantitative estimate of drug-likeness (QED) is 0.0353. The van der Waals surface area contributed by atoms with E-state index in [2.05, 4.69) is 63.8 Å². The minimum absolute atomic E-state index is 0.0355. The zero-order chi connectivity index (χ0) is 79.4. The third-order valence-electron chi connectivity index (χ3n) is 19.3. The van der Waals surface area contributed by atoms with Crippen LogP contribution in [0.25, 0.3) is 0 Å². The Morgan fingerprint density at radius 1 is 0.610 bits per heavy atom. The summed E-state index contributed by atoms with van der Waals surface area (Å²) in [7, 11) is 0. The molecule has 0 aromatic heterocycles. The molecule has 0 aliphatic carbocycles. The van der Waals surface area contributed by atoms with Crippen LogP contribution >= 0.6 is 0 Å². The molecular weight excluding hydrogens is 1350 g/mol. The molecule has 590 valence electrons. The van der Waals surface area contributed by atoms with Crippen molar-refractivity contribution in [3.05, 3.63) is 47.7 Å². The fraction of sp³-hybridized carbons (Fsp3) is 0.707. The largest absolute Gasteiger partial charge is 0.458 e. The maximum atomic E-state index is 15.0. The lowest BCUT2D eigenvalue weighted by atomic mass is 9.95. The number of aliphatic hydroxyl groups excluding tert-OH is 1. The molecule has 1 aromatic rings. The van der Waals surface area contributed by atoms with Crippen molar-refractivity contribution in [2.75, 3.05) is 13.1 Å². The fourth-order valence-electron chi connectivity index (χ4n) is 12.1. The number of ether oxygens (including phenoxy) is 1. The first-order valence-corrected chi connectivity index (χ1v) is 37.5. The summed E-state index contributed by atoms with van der Waals surface area (Å²) in [6, 6.07) is -7.67. The van der Waals surface area contributed by atoms with Crippen LogP contribution in [0.15, 0.2) is 42.1 Å². The Morgan fingerprint density at radius 2 is 1.15 bits per heavy atom. The molecule has 16 atom stereocenters. The van der Waals surface area contributed by atoms with Gasteiger partial charge in [-0.25, -0.2) is 4.79 Å². The Morgan fingerprint density at radius 3 is 1.69 bits per heavy atom. The number of carbonyl (C=O) groups is 14. The van der Waals surface area contributed by atoms with E-state index in [9.17, 15) is 62.6 Å². The number of nitrogens with zero attached hydrogens (tertiary/aromatic N) is 1. The van der Waals surface area contributed by atoms with Crippen molar-refractivity contribution in [2.45, 2.75) is 280 Å². The summed E-state index contributed by atoms with van der Waals surface area (Å²) >= 11 is 0. The van der Waals surface area contributed by atoms with Crippen molar-refractivity contribution < 1.29 is 77.0 Å². The Bertz CT molecular complexity index is 3160. The van der Waals surface area contributed by atoms with Gasteiger partial charge in [0.15, 0.2) is 0 Å². The van der Waals surface area contributed by atoms with Crippen LogP contribution in [0.3, 0.4) is 0 Å². The molecule has 0 radical (unpaired) electrons. The molecule has 1 aromatic carbocycles. The van der Waals surface area contributed by atoms with Crippen molar-refractivity contribution in [2.24, 2.45) is 53.1 Å². The second-order valence-electron chi connectivity index (χ2n) is 30.2. The third-order valence-corrected chi connectivity index (χ3v) is 19.3. The summed E-state index contributed by atoms with van der Waals surface area (Å²) in [6.45, 7) is 31.8. The number of likely N-dealkylation sites (tertiary alicyclic amines) is 1. The first kappa shape index (κ1) is 90.7. The molecular formula is C75H124N14O16. The number of allylic oxidation sites excluding steroid dienone is 1. The highest BCUT2D eigenvalue weighted by Gasteiger charge is 2.44. The molecule has 2 aliphatic heterocycles. The molecule has 0 spiro atoms. The van der Waals surface area contributed by atoms with Crippen LogP contribution in [-0.4, -0.2) is 191 Å². The number of nitrogens with one attached hydrogen (secondary N) is 12. The number of benzene rings is 1. The molecule has 0 bridgehead atoms. The predicted molar refractivity (Wildman–Crippen MR) is 395 cm³/mol. The summed E-state index contributed by atoms with van der Waals surface area (Å²) in [5.41, 5.74) is 6.34. The van der Waals surface area contributed by atoms with Gasteiger partial charge in [0.1, 0.15) is 84.3 Å². The minimum atomic E-state index is -1.83. The molecule has 15 N–H and O–H groups in total. The topological polar surface area (TPSA) is 442 Å². The van der Waals surface area contributed by atoms with E-state index in [-0.39, 0.29) is 63.2 Å². The Labute approximate surface area is 620 Å². The van der Waals surface area contributed by atoms with Gasteiger partial charge >= 0.3 is 5.97 Å². The number of esters is 1. The Hall–Kier alpha value is -8.54. The van der Waals surface area contributed by atoms with Crippen LogP contribution in [0.2, 0.25) is 0 Å². The van der Waals surface area contributed by atoms with Crippen molar-refractivity contribution in [3.63, 3.8) is 0 Å². The number of amides is 13. The zero-order valence-electron chi connectivity index (χ0n) is 65.2. The van der Waals surface area contributed by atoms with Gasteiger partial charge in [-0.3, -0.25) is 62.3 Å². The second-order valence-corrected chi connectivity index (χ2v) is 30.2. The summed E-state index contributed by atoms with van der Waals surface area (Å²) < 4.78 is 5.96. The van der Waals surface area contributed by atoms with Crippen molar-refractivity contribution >= 4 is 82.8 Å². The number of cyclic esters (lactones) is 1. The van der Waals surface area contributed by atoms with E-state index in [1.54, 1.807) is 127 Å². The number of hydrogen-bond donors (Lipinski definition) is 14. The molecule has 3 rings (SSSR count). The standard InChI is InChI=1S/C75H124N14O16/c1-20-44(16)59(71(100)88-62-47(19)105-75(104)58(43(14)15)84-63(92)49(22-3)77-65(94)51(37-48-30-24-23-25-31-48)79-67(96)55(40(8)9)81-70(99)60(45(17)21-2)86-73(62)102)85-64(93)50(32-27-35-76)78-66(95)52-33-28-36-89(52)74(103)57(42(12)13)83-69(98)56(41(10)11)82-72(101)61(46(18)90)87-68(97)54(39(6)7)80-53(91)34-26-29-38(4)5/h22-25,30-31,38-47,50-52,54-62,90H,20-21,26-29,32-37,76H2,1-19H3,(H,77,94)(H,78,95)(H,79,96)(H,80,91)(H,81,99)(H,82,101)(H,83,98)(H,84,92)(H,85,93)(H,86,102)(H,87,97)(H,88,100)/t44?,45?,46?,47?,50-,51-,52-,54?,55?,56?,57?,58?,59+,60+,61?,62?/m0/s1. The van der Waals surface area contributed by atoms with Crippen LogP contribution in [-0.2, 0) is 78.3 Å². The maximum Gasteiger partial charge on any atom is 0.329 e. The molecule has 13 amide bonds. The monoisotopic (exact) mass is 1480 g/mol. The number of carbonyl (C=O) groups excluding carboxylic acids is 14. The van der Waals surface area contributed by atoms with Gasteiger partial charge in [0, 0.05) is 19.4 Å². The van der Waals surface area contributed by atoms with E-state index in [0.717, 1.165) is 6.42 Å². The molecule has 2 fully saturated rings. The normalized spacial score (nSPS) is 22.6. The van der Waals surface area contributed by atoms with E-state index in [0.29, 0.717) is 30.7 Å². The van der Waals surface area contributed by atoms with E-state index in [4.69, 9.17) is 10.5 Å². The Balaban J connectivity index is 2.00. The predicted octanol–water partition coefficient (Wildman–Crippen LogP) is 1.84. The zero-order valence-corrected chi connectivity index (χ0v) is 65.2. The smallest absolute Gasteiger partial charge is 0.329 e.